The first-order chi connectivity index (χ1) is 9.24. The topological polar surface area (TPSA) is 62.7 Å². The lowest BCUT2D eigenvalue weighted by molar-refractivity contribution is 0.104. The molecule has 1 amide bonds. The van der Waals surface area contributed by atoms with Crippen molar-refractivity contribution in [1.29, 1.82) is 0 Å². The van der Waals surface area contributed by atoms with Crippen LogP contribution in [0.2, 0.25) is 0 Å². The van der Waals surface area contributed by atoms with E-state index in [4.69, 9.17) is 9.84 Å². The molecule has 0 spiro atoms. The summed E-state index contributed by atoms with van der Waals surface area (Å²) < 4.78 is 5.29. The fraction of sp³-hybridized carbons (Fsp3) is 0.429. The van der Waals surface area contributed by atoms with Crippen molar-refractivity contribution in [3.63, 3.8) is 0 Å². The Morgan fingerprint density at radius 2 is 2.26 bits per heavy atom. The second-order valence-corrected chi connectivity index (χ2v) is 4.91. The highest BCUT2D eigenvalue weighted by Gasteiger charge is 2.32. The van der Waals surface area contributed by atoms with Gasteiger partial charge >= 0.3 is 6.09 Å². The molecule has 0 saturated carbocycles. The van der Waals surface area contributed by atoms with Crippen LogP contribution in [0.4, 0.5) is 4.79 Å². The van der Waals surface area contributed by atoms with Crippen molar-refractivity contribution in [3.8, 4) is 0 Å². The molecule has 1 N–H and O–H groups in total. The zero-order valence-electron chi connectivity index (χ0n) is 10.6. The number of amides is 1. The minimum absolute atomic E-state index is 0.244. The summed E-state index contributed by atoms with van der Waals surface area (Å²) in [5.74, 6) is 0.244. The molecule has 3 rings (SSSR count). The second kappa shape index (κ2) is 5.01. The van der Waals surface area contributed by atoms with E-state index < -0.39 is 6.09 Å². The van der Waals surface area contributed by atoms with Crippen molar-refractivity contribution in [2.24, 2.45) is 0 Å². The number of nitrogens with zero attached hydrogens (tertiary/aromatic N) is 2. The average Bonchev–Trinajstić information content (AvgIpc) is 2.38. The number of hydrogen-bond acceptors (Lipinski definition) is 3. The first-order valence-corrected chi connectivity index (χ1v) is 6.45. The van der Waals surface area contributed by atoms with Gasteiger partial charge in [0, 0.05) is 30.9 Å². The van der Waals surface area contributed by atoms with Gasteiger partial charge in [0.1, 0.15) is 0 Å². The highest BCUT2D eigenvalue weighted by molar-refractivity contribution is 5.67. The molecule has 1 aromatic rings. The summed E-state index contributed by atoms with van der Waals surface area (Å²) in [7, 11) is 0. The van der Waals surface area contributed by atoms with E-state index in [1.165, 1.54) is 10.5 Å². The fourth-order valence-corrected chi connectivity index (χ4v) is 2.45. The van der Waals surface area contributed by atoms with Crippen LogP contribution in [0.3, 0.4) is 0 Å². The van der Waals surface area contributed by atoms with Crippen LogP contribution in [0.15, 0.2) is 24.4 Å². The molecule has 0 aromatic carbocycles. The van der Waals surface area contributed by atoms with Crippen molar-refractivity contribution in [2.45, 2.75) is 12.3 Å². The van der Waals surface area contributed by atoms with Gasteiger partial charge in [-0.2, -0.15) is 0 Å². The molecule has 0 radical (unpaired) electrons. The Hall–Kier alpha value is -1.88. The molecule has 5 nitrogen and oxygen atoms in total. The number of hydrogen-bond donors (Lipinski definition) is 1. The molecule has 2 aliphatic heterocycles. The summed E-state index contributed by atoms with van der Waals surface area (Å²) in [6.07, 6.45) is 4.06. The third-order valence-electron chi connectivity index (χ3n) is 3.69. The molecule has 3 heterocycles. The zero-order valence-corrected chi connectivity index (χ0v) is 10.6. The fourth-order valence-electron chi connectivity index (χ4n) is 2.45. The van der Waals surface area contributed by atoms with Gasteiger partial charge in [-0.3, -0.25) is 4.98 Å². The van der Waals surface area contributed by atoms with Crippen LogP contribution in [0.1, 0.15) is 23.6 Å². The highest BCUT2D eigenvalue weighted by atomic mass is 16.5. The maximum Gasteiger partial charge on any atom is 0.407 e. The summed E-state index contributed by atoms with van der Waals surface area (Å²) in [5.41, 5.74) is 3.40. The van der Waals surface area contributed by atoms with Crippen LogP contribution in [-0.2, 0) is 4.74 Å². The standard InChI is InChI=1S/C14H16N2O3/c17-14(18)16-8-12(9-16)13-2-1-11(7-15-13)10-3-5-19-6-4-10/h1-3,7,12H,4-6,8-9H2,(H,17,18). The quantitative estimate of drug-likeness (QED) is 0.883. The number of ether oxygens (including phenoxy) is 1. The van der Waals surface area contributed by atoms with E-state index in [1.54, 1.807) is 0 Å². The molecule has 1 saturated heterocycles. The lowest BCUT2D eigenvalue weighted by atomic mass is 9.95. The summed E-state index contributed by atoms with van der Waals surface area (Å²) in [6.45, 7) is 2.55. The molecule has 0 unspecified atom stereocenters. The third-order valence-corrected chi connectivity index (χ3v) is 3.69. The van der Waals surface area contributed by atoms with Crippen LogP contribution in [0.25, 0.3) is 5.57 Å². The molecule has 0 atom stereocenters. The summed E-state index contributed by atoms with van der Waals surface area (Å²) >= 11 is 0. The Morgan fingerprint density at radius 3 is 2.84 bits per heavy atom. The molecule has 0 bridgehead atoms. The predicted octanol–water partition coefficient (Wildman–Crippen LogP) is 1.96. The van der Waals surface area contributed by atoms with Gasteiger partial charge in [0.05, 0.1) is 13.2 Å². The number of carboxylic acid groups (broad SMARTS) is 1. The maximum absolute atomic E-state index is 10.7. The Balaban J connectivity index is 1.67. The van der Waals surface area contributed by atoms with Crippen molar-refractivity contribution in [1.82, 2.24) is 9.88 Å². The van der Waals surface area contributed by atoms with Crippen molar-refractivity contribution in [3.05, 3.63) is 35.7 Å². The van der Waals surface area contributed by atoms with E-state index in [2.05, 4.69) is 17.1 Å². The van der Waals surface area contributed by atoms with Crippen LogP contribution < -0.4 is 0 Å². The number of aromatic nitrogens is 1. The predicted molar refractivity (Wildman–Crippen MR) is 70.0 cm³/mol. The molecule has 1 aromatic heterocycles. The van der Waals surface area contributed by atoms with Crippen molar-refractivity contribution in [2.75, 3.05) is 26.3 Å². The van der Waals surface area contributed by atoms with Crippen molar-refractivity contribution < 1.29 is 14.6 Å². The van der Waals surface area contributed by atoms with Crippen LogP contribution >= 0.6 is 0 Å². The first kappa shape index (κ1) is 12.2. The van der Waals surface area contributed by atoms with Gasteiger partial charge in [0.15, 0.2) is 0 Å². The first-order valence-electron chi connectivity index (χ1n) is 6.45. The van der Waals surface area contributed by atoms with E-state index in [-0.39, 0.29) is 5.92 Å². The number of carbonyl (C=O) groups is 1. The SMILES string of the molecule is O=C(O)N1CC(c2ccc(C3=CCOCC3)cn2)C1. The number of pyridine rings is 1. The summed E-state index contributed by atoms with van der Waals surface area (Å²) in [6, 6.07) is 4.08. The van der Waals surface area contributed by atoms with Gasteiger partial charge in [-0.05, 0) is 23.6 Å². The monoisotopic (exact) mass is 260 g/mol. The van der Waals surface area contributed by atoms with Gasteiger partial charge in [-0.25, -0.2) is 4.79 Å². The van der Waals surface area contributed by atoms with Crippen molar-refractivity contribution >= 4 is 11.7 Å². The Labute approximate surface area is 111 Å². The minimum Gasteiger partial charge on any atom is -0.465 e. The van der Waals surface area contributed by atoms with E-state index in [1.807, 2.05) is 12.3 Å². The van der Waals surface area contributed by atoms with Crippen LogP contribution in [0.5, 0.6) is 0 Å². The molecule has 100 valence electrons. The third kappa shape index (κ3) is 2.46. The minimum atomic E-state index is -0.847. The number of rotatable bonds is 2. The van der Waals surface area contributed by atoms with Gasteiger partial charge < -0.3 is 14.7 Å². The van der Waals surface area contributed by atoms with Crippen LogP contribution in [-0.4, -0.2) is 47.4 Å². The smallest absolute Gasteiger partial charge is 0.407 e. The molecule has 0 aliphatic carbocycles. The second-order valence-electron chi connectivity index (χ2n) is 4.91. The highest BCUT2D eigenvalue weighted by Crippen LogP contribution is 2.27. The Bertz CT molecular complexity index is 504. The molecule has 2 aliphatic rings. The lowest BCUT2D eigenvalue weighted by Gasteiger charge is -2.36. The summed E-state index contributed by atoms with van der Waals surface area (Å²) in [4.78, 5) is 16.6. The normalized spacial score (nSPS) is 19.8. The van der Waals surface area contributed by atoms with E-state index in [9.17, 15) is 4.79 Å². The van der Waals surface area contributed by atoms with Gasteiger partial charge in [-0.1, -0.05) is 12.1 Å². The zero-order chi connectivity index (χ0) is 13.2. The summed E-state index contributed by atoms with van der Waals surface area (Å²) in [5, 5.41) is 8.80. The van der Waals surface area contributed by atoms with Gasteiger partial charge in [0.2, 0.25) is 0 Å². The van der Waals surface area contributed by atoms with E-state index in [0.29, 0.717) is 19.7 Å². The molecule has 5 heteroatoms. The van der Waals surface area contributed by atoms with Gasteiger partial charge in [0.25, 0.3) is 0 Å². The largest absolute Gasteiger partial charge is 0.465 e. The van der Waals surface area contributed by atoms with E-state index >= 15 is 0 Å². The maximum atomic E-state index is 10.7. The Kier molecular flexibility index (Phi) is 3.21. The molecule has 19 heavy (non-hydrogen) atoms. The number of likely N-dealkylation sites (tertiary alicyclic amines) is 1. The van der Waals surface area contributed by atoms with Crippen LogP contribution in [0, 0.1) is 0 Å². The molecular weight excluding hydrogens is 244 g/mol. The average molecular weight is 260 g/mol. The van der Waals surface area contributed by atoms with Gasteiger partial charge in [-0.15, -0.1) is 0 Å². The molecular formula is C14H16N2O3. The molecule has 1 fully saturated rings. The Morgan fingerprint density at radius 1 is 1.42 bits per heavy atom. The van der Waals surface area contributed by atoms with E-state index in [0.717, 1.165) is 24.3 Å². The lowest BCUT2D eigenvalue weighted by Crippen LogP contribution is -2.48.